The van der Waals surface area contributed by atoms with Gasteiger partial charge in [-0.15, -0.1) is 0 Å². The van der Waals surface area contributed by atoms with Gasteiger partial charge in [-0.25, -0.2) is 4.79 Å². The zero-order chi connectivity index (χ0) is 17.6. The Balaban J connectivity index is 2.30. The third-order valence-electron chi connectivity index (χ3n) is 3.83. The number of benzene rings is 1. The molecule has 0 saturated carbocycles. The number of anilines is 1. The Hall–Kier alpha value is -1.53. The molecule has 0 atom stereocenters. The molecule has 0 radical (unpaired) electrons. The normalized spacial score (nSPS) is 22.8. The molecule has 1 aromatic carbocycles. The molecule has 0 aromatic heterocycles. The summed E-state index contributed by atoms with van der Waals surface area (Å²) < 4.78 is 37.2. The quantitative estimate of drug-likeness (QED) is 0.503. The van der Waals surface area contributed by atoms with E-state index in [0.717, 1.165) is 0 Å². The molecule has 1 aliphatic heterocycles. The van der Waals surface area contributed by atoms with E-state index in [0.29, 0.717) is 5.46 Å². The molecule has 1 saturated heterocycles. The van der Waals surface area contributed by atoms with E-state index in [2.05, 4.69) is 4.74 Å². The maximum atomic E-state index is 11.9. The lowest BCUT2D eigenvalue weighted by Crippen LogP contribution is -2.41. The van der Waals surface area contributed by atoms with E-state index in [1.165, 1.54) is 12.1 Å². The Bertz CT molecular complexity index is 615. The first kappa shape index (κ1) is 11.2. The third-order valence-corrected chi connectivity index (χ3v) is 3.83. The topological polar surface area (TPSA) is 70.8 Å². The first-order chi connectivity index (χ1) is 10.3. The van der Waals surface area contributed by atoms with Crippen molar-refractivity contribution in [3.05, 3.63) is 23.8 Å². The lowest BCUT2D eigenvalue weighted by molar-refractivity contribution is 0.00578. The summed E-state index contributed by atoms with van der Waals surface area (Å²) in [5.74, 6) is -0.977. The second kappa shape index (κ2) is 4.79. The van der Waals surface area contributed by atoms with Crippen LogP contribution in [-0.2, 0) is 14.0 Å². The predicted molar refractivity (Wildman–Crippen MR) is 77.9 cm³/mol. The van der Waals surface area contributed by atoms with Crippen LogP contribution in [0, 0.1) is 0 Å². The molecule has 1 aromatic rings. The molecule has 5 nitrogen and oxygen atoms in total. The first-order valence-electron chi connectivity index (χ1n) is 7.80. The van der Waals surface area contributed by atoms with Crippen LogP contribution in [0.25, 0.3) is 0 Å². The van der Waals surface area contributed by atoms with Crippen molar-refractivity contribution in [3.63, 3.8) is 0 Å². The molecule has 108 valence electrons. The van der Waals surface area contributed by atoms with Gasteiger partial charge in [-0.2, -0.15) is 0 Å². The molecular formula is C14H20BNO4. The monoisotopic (exact) mass is 280 g/mol. The summed E-state index contributed by atoms with van der Waals surface area (Å²) in [5, 5.41) is 0. The predicted octanol–water partition coefficient (Wildman–Crippen LogP) is 1.35. The lowest BCUT2D eigenvalue weighted by Gasteiger charge is -2.32. The fourth-order valence-electron chi connectivity index (χ4n) is 1.97. The van der Waals surface area contributed by atoms with Crippen LogP contribution in [0.15, 0.2) is 18.2 Å². The number of hydrogen-bond donors (Lipinski definition) is 1. The van der Waals surface area contributed by atoms with E-state index in [9.17, 15) is 4.79 Å². The van der Waals surface area contributed by atoms with Crippen LogP contribution in [-0.4, -0.2) is 31.3 Å². The van der Waals surface area contributed by atoms with Crippen LogP contribution in [0.2, 0.25) is 0 Å². The summed E-state index contributed by atoms with van der Waals surface area (Å²) in [6, 6.07) is 4.43. The lowest BCUT2D eigenvalue weighted by atomic mass is 9.78. The minimum Gasteiger partial charge on any atom is -0.465 e. The van der Waals surface area contributed by atoms with Gasteiger partial charge in [0.1, 0.15) is 0 Å². The summed E-state index contributed by atoms with van der Waals surface area (Å²) in [5.41, 5.74) is 5.57. The number of nitrogens with two attached hydrogens (primary N) is 1. The summed E-state index contributed by atoms with van der Waals surface area (Å²) in [4.78, 5) is 11.9. The smallest absolute Gasteiger partial charge is 0.465 e. The largest absolute Gasteiger partial charge is 0.494 e. The van der Waals surface area contributed by atoms with Gasteiger partial charge >= 0.3 is 13.1 Å². The number of esters is 1. The summed E-state index contributed by atoms with van der Waals surface area (Å²) >= 11 is 0. The Labute approximate surface area is 123 Å². The Morgan fingerprint density at radius 2 is 1.85 bits per heavy atom. The number of rotatable bonds is 2. The van der Waals surface area contributed by atoms with Crippen molar-refractivity contribution in [1.29, 1.82) is 0 Å². The van der Waals surface area contributed by atoms with Gasteiger partial charge in [0.05, 0.1) is 27.9 Å². The third kappa shape index (κ3) is 2.53. The van der Waals surface area contributed by atoms with Gasteiger partial charge in [-0.1, -0.05) is 0 Å². The standard InChI is InChI=1S/C14H20BNO4/c1-13(2)14(3,4)20-15(19-13)10-6-9(12(17)18-5)7-11(16)8-10/h6-8H,16H2,1-5H3/i5D3. The average Bonchev–Trinajstić information content (AvgIpc) is 2.55. The molecule has 2 rings (SSSR count). The summed E-state index contributed by atoms with van der Waals surface area (Å²) in [7, 11) is -3.52. The van der Waals surface area contributed by atoms with E-state index in [1.807, 2.05) is 27.7 Å². The van der Waals surface area contributed by atoms with Crippen LogP contribution < -0.4 is 11.2 Å². The van der Waals surface area contributed by atoms with Crippen LogP contribution in [0.1, 0.15) is 42.2 Å². The first-order valence-corrected chi connectivity index (χ1v) is 6.30. The summed E-state index contributed by atoms with van der Waals surface area (Å²) in [6.45, 7) is 7.62. The van der Waals surface area contributed by atoms with Gasteiger partial charge in [0, 0.05) is 5.69 Å². The molecular weight excluding hydrogens is 257 g/mol. The molecule has 0 amide bonds. The van der Waals surface area contributed by atoms with E-state index >= 15 is 0 Å². The van der Waals surface area contributed by atoms with Gasteiger partial charge in [-0.3, -0.25) is 0 Å². The fourth-order valence-corrected chi connectivity index (χ4v) is 1.97. The van der Waals surface area contributed by atoms with Crippen molar-refractivity contribution in [2.24, 2.45) is 0 Å². The van der Waals surface area contributed by atoms with Gasteiger partial charge < -0.3 is 19.8 Å². The summed E-state index contributed by atoms with van der Waals surface area (Å²) in [6.07, 6.45) is 0. The van der Waals surface area contributed by atoms with Gasteiger partial charge in [0.15, 0.2) is 0 Å². The molecule has 2 N–H and O–H groups in total. The highest BCUT2D eigenvalue weighted by Gasteiger charge is 2.51. The molecule has 20 heavy (non-hydrogen) atoms. The maximum Gasteiger partial charge on any atom is 0.494 e. The molecule has 0 unspecified atom stereocenters. The highest BCUT2D eigenvalue weighted by atomic mass is 16.7. The second-order valence-corrected chi connectivity index (χ2v) is 5.87. The number of hydrogen-bond acceptors (Lipinski definition) is 5. The van der Waals surface area contributed by atoms with E-state index in [1.54, 1.807) is 6.07 Å². The fraction of sp³-hybridized carbons (Fsp3) is 0.500. The van der Waals surface area contributed by atoms with E-state index in [4.69, 9.17) is 19.2 Å². The van der Waals surface area contributed by atoms with Crippen molar-refractivity contribution in [3.8, 4) is 0 Å². The number of nitrogen functional groups attached to an aromatic ring is 1. The zero-order valence-electron chi connectivity index (χ0n) is 15.0. The molecule has 1 heterocycles. The van der Waals surface area contributed by atoms with Gasteiger partial charge in [-0.05, 0) is 51.4 Å². The average molecular weight is 280 g/mol. The Morgan fingerprint density at radius 3 is 2.40 bits per heavy atom. The van der Waals surface area contributed by atoms with Crippen LogP contribution in [0.5, 0.6) is 0 Å². The van der Waals surface area contributed by atoms with E-state index in [-0.39, 0.29) is 11.3 Å². The van der Waals surface area contributed by atoms with Crippen LogP contribution in [0.3, 0.4) is 0 Å². The highest BCUT2D eigenvalue weighted by Crippen LogP contribution is 2.36. The molecule has 0 bridgehead atoms. The molecule has 6 heteroatoms. The number of methoxy groups -OCH3 is 1. The Kier molecular flexibility index (Phi) is 2.67. The van der Waals surface area contributed by atoms with E-state index < -0.39 is 31.3 Å². The van der Waals surface area contributed by atoms with Crippen molar-refractivity contribution >= 4 is 24.2 Å². The molecule has 1 aliphatic rings. The number of carbonyl (C=O) groups is 1. The van der Waals surface area contributed by atoms with Crippen LogP contribution >= 0.6 is 0 Å². The molecule has 0 aliphatic carbocycles. The molecule has 0 spiro atoms. The minimum absolute atomic E-state index is 0.0332. The number of carbonyl (C=O) groups excluding carboxylic acids is 1. The number of ether oxygens (including phenoxy) is 1. The van der Waals surface area contributed by atoms with Crippen molar-refractivity contribution in [1.82, 2.24) is 0 Å². The van der Waals surface area contributed by atoms with Crippen LogP contribution in [0.4, 0.5) is 5.69 Å². The van der Waals surface area contributed by atoms with Gasteiger partial charge in [0.25, 0.3) is 0 Å². The van der Waals surface area contributed by atoms with Gasteiger partial charge in [0.2, 0.25) is 0 Å². The zero-order valence-corrected chi connectivity index (χ0v) is 12.0. The maximum absolute atomic E-state index is 11.9. The van der Waals surface area contributed by atoms with Crippen molar-refractivity contribution in [2.75, 3.05) is 12.8 Å². The minimum atomic E-state index is -2.81. The van der Waals surface area contributed by atoms with Crippen molar-refractivity contribution in [2.45, 2.75) is 38.9 Å². The molecule has 1 fully saturated rings. The second-order valence-electron chi connectivity index (χ2n) is 5.87. The SMILES string of the molecule is [2H]C([2H])([2H])OC(=O)c1cc(N)cc(B2OC(C)(C)C(C)(C)O2)c1. The Morgan fingerprint density at radius 1 is 1.25 bits per heavy atom. The highest BCUT2D eigenvalue weighted by molar-refractivity contribution is 6.62. The van der Waals surface area contributed by atoms with Crippen molar-refractivity contribution < 1.29 is 23.0 Å².